The van der Waals surface area contributed by atoms with Gasteiger partial charge in [-0.2, -0.15) is 0 Å². The third-order valence-electron chi connectivity index (χ3n) is 5.00. The van der Waals surface area contributed by atoms with Crippen LogP contribution >= 0.6 is 12.1 Å². The average Bonchev–Trinajstić information content (AvgIpc) is 2.80. The summed E-state index contributed by atoms with van der Waals surface area (Å²) in [5.74, 6) is 0.0288. The Morgan fingerprint density at radius 1 is 1.03 bits per heavy atom. The molecule has 8 heteroatoms. The number of carbonyl (C=O) groups is 1. The van der Waals surface area contributed by atoms with Gasteiger partial charge in [-0.25, -0.2) is 5.01 Å². The van der Waals surface area contributed by atoms with Gasteiger partial charge < -0.3 is 10.1 Å². The van der Waals surface area contributed by atoms with Crippen LogP contribution in [0.2, 0.25) is 0 Å². The van der Waals surface area contributed by atoms with E-state index in [9.17, 15) is 4.79 Å². The fourth-order valence-electron chi connectivity index (χ4n) is 3.39. The lowest BCUT2D eigenvalue weighted by molar-refractivity contribution is -0.0699. The van der Waals surface area contributed by atoms with Crippen molar-refractivity contribution in [2.75, 3.05) is 39.4 Å². The van der Waals surface area contributed by atoms with Crippen molar-refractivity contribution in [3.63, 3.8) is 0 Å². The van der Waals surface area contributed by atoms with Crippen LogP contribution in [0.1, 0.15) is 27.9 Å². The van der Waals surface area contributed by atoms with Crippen molar-refractivity contribution in [3.05, 3.63) is 71.3 Å². The molecule has 0 radical (unpaired) electrons. The molecule has 0 bridgehead atoms. The zero-order valence-corrected chi connectivity index (χ0v) is 18.1. The number of benzene rings is 2. The summed E-state index contributed by atoms with van der Waals surface area (Å²) >= 11 is 1.11. The zero-order chi connectivity index (χ0) is 21.0. The highest BCUT2D eigenvalue weighted by Gasteiger charge is 2.24. The number of morpholine rings is 1. The molecule has 1 aliphatic rings. The first-order valence-electron chi connectivity index (χ1n) is 10.3. The van der Waals surface area contributed by atoms with Crippen LogP contribution in [0, 0.1) is 0 Å². The summed E-state index contributed by atoms with van der Waals surface area (Å²) in [6.07, 6.45) is 0.828. The smallest absolute Gasteiger partial charge is 0.268 e. The van der Waals surface area contributed by atoms with Gasteiger partial charge in [0.2, 0.25) is 0 Å². The molecule has 7 nitrogen and oxygen atoms in total. The molecule has 0 saturated carbocycles. The molecule has 30 heavy (non-hydrogen) atoms. The third-order valence-corrected chi connectivity index (χ3v) is 5.37. The molecule has 3 rings (SSSR count). The van der Waals surface area contributed by atoms with Crippen LogP contribution in [0.15, 0.2) is 54.6 Å². The van der Waals surface area contributed by atoms with E-state index in [0.29, 0.717) is 25.3 Å². The number of hydrogen-bond donors (Lipinski definition) is 3. The van der Waals surface area contributed by atoms with Gasteiger partial charge in [0.15, 0.2) is 0 Å². The molecule has 0 spiro atoms. The second-order valence-electron chi connectivity index (χ2n) is 7.15. The standard InChI is InChI=1S/C22H31N5O2S/c23-30-25-11-4-12-27(26-13-15-29-16-14-26)22(28)21-9-7-20(8-10-21)18-24-17-19-5-2-1-3-6-19/h1-3,5-10,24-25H,4,11-18,23H2. The van der Waals surface area contributed by atoms with Crippen molar-refractivity contribution < 1.29 is 9.53 Å². The van der Waals surface area contributed by atoms with Gasteiger partial charge in [0.1, 0.15) is 0 Å². The van der Waals surface area contributed by atoms with E-state index in [2.05, 4.69) is 27.2 Å². The number of nitrogens with zero attached hydrogens (tertiary/aromatic N) is 2. The number of nitrogens with two attached hydrogens (primary N) is 1. The molecule has 2 aromatic carbocycles. The Morgan fingerprint density at radius 2 is 1.70 bits per heavy atom. The Balaban J connectivity index is 1.56. The first-order valence-corrected chi connectivity index (χ1v) is 11.2. The SMILES string of the molecule is NSNCCCN(C(=O)c1ccc(CNCc2ccccc2)cc1)N1CCOCC1. The van der Waals surface area contributed by atoms with Crippen molar-refractivity contribution in [1.29, 1.82) is 0 Å². The largest absolute Gasteiger partial charge is 0.379 e. The monoisotopic (exact) mass is 429 g/mol. The fourth-order valence-corrected chi connectivity index (χ4v) is 3.65. The van der Waals surface area contributed by atoms with Crippen molar-refractivity contribution in [1.82, 2.24) is 20.1 Å². The lowest BCUT2D eigenvalue weighted by atomic mass is 10.1. The highest BCUT2D eigenvalue weighted by molar-refractivity contribution is 7.95. The van der Waals surface area contributed by atoms with Gasteiger partial charge in [-0.05, 0) is 29.7 Å². The second kappa shape index (κ2) is 12.7. The molecular formula is C22H31N5O2S. The van der Waals surface area contributed by atoms with E-state index in [1.54, 1.807) is 0 Å². The molecule has 0 aromatic heterocycles. The van der Waals surface area contributed by atoms with Crippen LogP contribution in [0.25, 0.3) is 0 Å². The summed E-state index contributed by atoms with van der Waals surface area (Å²) in [6.45, 7) is 5.73. The first kappa shape index (κ1) is 22.7. The normalized spacial score (nSPS) is 14.6. The van der Waals surface area contributed by atoms with Crippen molar-refractivity contribution in [3.8, 4) is 0 Å². The number of amides is 1. The lowest BCUT2D eigenvalue weighted by Gasteiger charge is -2.37. The molecule has 0 atom stereocenters. The van der Waals surface area contributed by atoms with Crippen LogP contribution in [0.4, 0.5) is 0 Å². The molecule has 1 aliphatic heterocycles. The maximum Gasteiger partial charge on any atom is 0.268 e. The van der Waals surface area contributed by atoms with Crippen LogP contribution in [0.3, 0.4) is 0 Å². The molecule has 1 fully saturated rings. The van der Waals surface area contributed by atoms with Gasteiger partial charge in [-0.15, -0.1) is 0 Å². The average molecular weight is 430 g/mol. The van der Waals surface area contributed by atoms with Crippen LogP contribution in [-0.4, -0.2) is 55.3 Å². The molecule has 1 amide bonds. The Hall–Kier alpha value is -1.94. The van der Waals surface area contributed by atoms with E-state index in [-0.39, 0.29) is 5.91 Å². The van der Waals surface area contributed by atoms with Crippen molar-refractivity contribution in [2.24, 2.45) is 5.14 Å². The quantitative estimate of drug-likeness (QED) is 0.373. The maximum atomic E-state index is 13.2. The van der Waals surface area contributed by atoms with Crippen LogP contribution in [-0.2, 0) is 17.8 Å². The molecule has 1 saturated heterocycles. The number of carbonyl (C=O) groups excluding carboxylic acids is 1. The number of ether oxygens (including phenoxy) is 1. The van der Waals surface area contributed by atoms with E-state index in [1.165, 1.54) is 5.56 Å². The number of hydrogen-bond acceptors (Lipinski definition) is 7. The summed E-state index contributed by atoms with van der Waals surface area (Å²) in [4.78, 5) is 13.2. The van der Waals surface area contributed by atoms with Gasteiger partial charge in [0.25, 0.3) is 5.91 Å². The van der Waals surface area contributed by atoms with E-state index in [1.807, 2.05) is 47.5 Å². The Morgan fingerprint density at radius 3 is 2.37 bits per heavy atom. The summed E-state index contributed by atoms with van der Waals surface area (Å²) in [6, 6.07) is 18.2. The van der Waals surface area contributed by atoms with E-state index >= 15 is 0 Å². The minimum atomic E-state index is 0.0288. The van der Waals surface area contributed by atoms with Gasteiger partial charge in [-0.3, -0.25) is 19.7 Å². The minimum Gasteiger partial charge on any atom is -0.379 e. The van der Waals surface area contributed by atoms with Gasteiger partial charge in [0, 0.05) is 57.0 Å². The molecule has 2 aromatic rings. The summed E-state index contributed by atoms with van der Waals surface area (Å²) in [5, 5.41) is 12.8. The predicted molar refractivity (Wildman–Crippen MR) is 121 cm³/mol. The zero-order valence-electron chi connectivity index (χ0n) is 17.3. The van der Waals surface area contributed by atoms with Crippen molar-refractivity contribution in [2.45, 2.75) is 19.5 Å². The van der Waals surface area contributed by atoms with E-state index in [4.69, 9.17) is 9.88 Å². The Labute approximate surface area is 183 Å². The molecule has 162 valence electrons. The van der Waals surface area contributed by atoms with Crippen LogP contribution in [0.5, 0.6) is 0 Å². The van der Waals surface area contributed by atoms with Crippen molar-refractivity contribution >= 4 is 18.0 Å². The van der Waals surface area contributed by atoms with Gasteiger partial charge in [0.05, 0.1) is 13.2 Å². The van der Waals surface area contributed by atoms with Crippen LogP contribution < -0.4 is 15.2 Å². The van der Waals surface area contributed by atoms with Gasteiger partial charge >= 0.3 is 0 Å². The number of nitrogens with one attached hydrogen (secondary N) is 2. The third kappa shape index (κ3) is 7.09. The van der Waals surface area contributed by atoms with E-state index < -0.39 is 0 Å². The fraction of sp³-hybridized carbons (Fsp3) is 0.409. The van der Waals surface area contributed by atoms with E-state index in [0.717, 1.165) is 56.8 Å². The Bertz CT molecular complexity index is 754. The molecule has 1 heterocycles. The topological polar surface area (TPSA) is 82.9 Å². The second-order valence-corrected chi connectivity index (χ2v) is 7.67. The van der Waals surface area contributed by atoms with Gasteiger partial charge in [-0.1, -0.05) is 42.5 Å². The molecule has 4 N–H and O–H groups in total. The Kier molecular flexibility index (Phi) is 9.62. The minimum absolute atomic E-state index is 0.0288. The number of rotatable bonds is 11. The first-order chi connectivity index (χ1) is 14.8. The molecule has 0 unspecified atom stereocenters. The number of hydrazine groups is 1. The highest BCUT2D eigenvalue weighted by atomic mass is 32.2. The summed E-state index contributed by atoms with van der Waals surface area (Å²) in [5.41, 5.74) is 3.12. The molecular weight excluding hydrogens is 398 g/mol. The lowest BCUT2D eigenvalue weighted by Crippen LogP contribution is -2.52. The maximum absolute atomic E-state index is 13.2. The molecule has 0 aliphatic carbocycles. The summed E-state index contributed by atoms with van der Waals surface area (Å²) < 4.78 is 8.48. The predicted octanol–water partition coefficient (Wildman–Crippen LogP) is 2.17. The highest BCUT2D eigenvalue weighted by Crippen LogP contribution is 2.13. The summed E-state index contributed by atoms with van der Waals surface area (Å²) in [7, 11) is 0.